The van der Waals surface area contributed by atoms with Gasteiger partial charge in [0.15, 0.2) is 0 Å². The van der Waals surface area contributed by atoms with Crippen molar-refractivity contribution in [2.75, 3.05) is 0 Å². The number of nitriles is 1. The van der Waals surface area contributed by atoms with Crippen molar-refractivity contribution in [2.45, 2.75) is 42.7 Å². The summed E-state index contributed by atoms with van der Waals surface area (Å²) in [5, 5.41) is 20.3. The summed E-state index contributed by atoms with van der Waals surface area (Å²) in [4.78, 5) is 14.4. The van der Waals surface area contributed by atoms with Crippen LogP contribution in [0.15, 0.2) is 54.6 Å². The Morgan fingerprint density at radius 2 is 1.89 bits per heavy atom. The van der Waals surface area contributed by atoms with Crippen molar-refractivity contribution in [3.8, 4) is 11.8 Å². The van der Waals surface area contributed by atoms with Crippen LogP contribution < -0.4 is 4.74 Å². The number of carbonyl (C=O) groups excluding carboxylic acids is 1. The summed E-state index contributed by atoms with van der Waals surface area (Å²) in [5.41, 5.74) is 1.64. The summed E-state index contributed by atoms with van der Waals surface area (Å²) in [6.45, 7) is 4.33. The first kappa shape index (κ1) is 18.9. The number of amides is 1. The van der Waals surface area contributed by atoms with Gasteiger partial charge in [-0.05, 0) is 25.5 Å². The van der Waals surface area contributed by atoms with E-state index in [1.807, 2.05) is 62.4 Å². The number of rotatable bonds is 5. The van der Waals surface area contributed by atoms with Crippen LogP contribution in [0.4, 0.5) is 0 Å². The average Bonchev–Trinajstić information content (AvgIpc) is 2.94. The number of aliphatic hydroxyl groups is 1. The van der Waals surface area contributed by atoms with Crippen molar-refractivity contribution < 1.29 is 14.6 Å². The number of β-lactam (4-membered cyclic amide) rings is 1. The smallest absolute Gasteiger partial charge is 0.233 e. The Hall–Kier alpha value is -2.49. The SMILES string of the molecule is CC1(C)S[C@H]2C(C(O)c3ccccc3OCc3ccccc3)C(=O)N2[C@H]1C#N. The van der Waals surface area contributed by atoms with E-state index in [1.54, 1.807) is 22.7 Å². The summed E-state index contributed by atoms with van der Waals surface area (Å²) in [6, 6.07) is 18.9. The Balaban J connectivity index is 1.54. The van der Waals surface area contributed by atoms with Gasteiger partial charge in [-0.2, -0.15) is 5.26 Å². The van der Waals surface area contributed by atoms with Gasteiger partial charge in [0.2, 0.25) is 5.91 Å². The fraction of sp³-hybridized carbons (Fsp3) is 0.364. The monoisotopic (exact) mass is 394 g/mol. The Kier molecular flexibility index (Phi) is 4.82. The Labute approximate surface area is 168 Å². The van der Waals surface area contributed by atoms with Gasteiger partial charge >= 0.3 is 0 Å². The molecule has 4 atom stereocenters. The lowest BCUT2D eigenvalue weighted by Gasteiger charge is -2.45. The minimum Gasteiger partial charge on any atom is -0.489 e. The molecule has 2 saturated heterocycles. The van der Waals surface area contributed by atoms with Gasteiger partial charge in [-0.1, -0.05) is 48.5 Å². The number of carbonyl (C=O) groups is 1. The van der Waals surface area contributed by atoms with Crippen LogP contribution in [0.25, 0.3) is 0 Å². The maximum atomic E-state index is 12.8. The first-order chi connectivity index (χ1) is 13.4. The zero-order chi connectivity index (χ0) is 19.9. The molecule has 0 spiro atoms. The molecule has 2 unspecified atom stereocenters. The van der Waals surface area contributed by atoms with Crippen LogP contribution in [-0.2, 0) is 11.4 Å². The molecule has 2 aliphatic heterocycles. The van der Waals surface area contributed by atoms with Crippen LogP contribution in [0.2, 0.25) is 0 Å². The molecule has 0 radical (unpaired) electrons. The predicted octanol–water partition coefficient (Wildman–Crippen LogP) is 3.50. The molecular formula is C22H22N2O3S. The van der Waals surface area contributed by atoms with Gasteiger partial charge < -0.3 is 14.7 Å². The Morgan fingerprint density at radius 1 is 1.21 bits per heavy atom. The van der Waals surface area contributed by atoms with E-state index < -0.39 is 18.1 Å². The van der Waals surface area contributed by atoms with E-state index in [2.05, 4.69) is 6.07 Å². The highest BCUT2D eigenvalue weighted by Crippen LogP contribution is 2.56. The van der Waals surface area contributed by atoms with E-state index >= 15 is 0 Å². The highest BCUT2D eigenvalue weighted by atomic mass is 32.2. The van der Waals surface area contributed by atoms with Crippen LogP contribution in [0, 0.1) is 17.2 Å². The van der Waals surface area contributed by atoms with Gasteiger partial charge in [-0.15, -0.1) is 11.8 Å². The van der Waals surface area contributed by atoms with Crippen molar-refractivity contribution >= 4 is 17.7 Å². The summed E-state index contributed by atoms with van der Waals surface area (Å²) < 4.78 is 5.59. The van der Waals surface area contributed by atoms with Crippen molar-refractivity contribution in [3.63, 3.8) is 0 Å². The fourth-order valence-corrected chi connectivity index (χ4v) is 5.59. The van der Waals surface area contributed by atoms with Crippen LogP contribution in [0.5, 0.6) is 5.75 Å². The molecular weight excluding hydrogens is 372 g/mol. The molecule has 0 bridgehead atoms. The molecule has 2 aliphatic rings. The van der Waals surface area contributed by atoms with Crippen molar-refractivity contribution in [1.82, 2.24) is 4.90 Å². The molecule has 5 nitrogen and oxygen atoms in total. The molecule has 2 heterocycles. The second-order valence-corrected chi connectivity index (χ2v) is 9.44. The van der Waals surface area contributed by atoms with Crippen LogP contribution in [-0.4, -0.2) is 32.1 Å². The zero-order valence-corrected chi connectivity index (χ0v) is 16.6. The van der Waals surface area contributed by atoms with E-state index in [0.29, 0.717) is 17.9 Å². The van der Waals surface area contributed by atoms with Gasteiger partial charge in [0.25, 0.3) is 0 Å². The molecule has 1 amide bonds. The van der Waals surface area contributed by atoms with Gasteiger partial charge in [0, 0.05) is 10.3 Å². The second-order valence-electron chi connectivity index (χ2n) is 7.67. The summed E-state index contributed by atoms with van der Waals surface area (Å²) in [6.07, 6.45) is -0.971. The quantitative estimate of drug-likeness (QED) is 0.786. The predicted molar refractivity (Wildman–Crippen MR) is 107 cm³/mol. The lowest BCUT2D eigenvalue weighted by atomic mass is 9.85. The number of hydrogen-bond acceptors (Lipinski definition) is 5. The lowest BCUT2D eigenvalue weighted by molar-refractivity contribution is -0.159. The topological polar surface area (TPSA) is 73.6 Å². The molecule has 0 saturated carbocycles. The third kappa shape index (κ3) is 3.05. The maximum Gasteiger partial charge on any atom is 0.233 e. The molecule has 0 aliphatic carbocycles. The first-order valence-electron chi connectivity index (χ1n) is 9.27. The lowest BCUT2D eigenvalue weighted by Crippen LogP contribution is -2.61. The molecule has 1 N–H and O–H groups in total. The Morgan fingerprint density at radius 3 is 2.61 bits per heavy atom. The molecule has 2 aromatic rings. The summed E-state index contributed by atoms with van der Waals surface area (Å²) in [5.74, 6) is -0.159. The number of thioether (sulfide) groups is 1. The number of benzene rings is 2. The number of hydrogen-bond donors (Lipinski definition) is 1. The minimum absolute atomic E-state index is 0.167. The number of para-hydroxylation sites is 1. The highest BCUT2D eigenvalue weighted by molar-refractivity contribution is 8.01. The van der Waals surface area contributed by atoms with E-state index in [0.717, 1.165) is 5.56 Å². The number of nitrogens with zero attached hydrogens (tertiary/aromatic N) is 2. The zero-order valence-electron chi connectivity index (χ0n) is 15.8. The molecule has 6 heteroatoms. The Bertz CT molecular complexity index is 925. The number of ether oxygens (including phenoxy) is 1. The van der Waals surface area contributed by atoms with Crippen molar-refractivity contribution in [2.24, 2.45) is 5.92 Å². The normalized spacial score (nSPS) is 26.1. The van der Waals surface area contributed by atoms with Gasteiger partial charge in [-0.3, -0.25) is 4.79 Å². The number of aliphatic hydroxyl groups excluding tert-OH is 1. The average molecular weight is 394 g/mol. The number of fused-ring (bicyclic) bond motifs is 1. The third-order valence-corrected chi connectivity index (χ3v) is 7.01. The van der Waals surface area contributed by atoms with Crippen molar-refractivity contribution in [1.29, 1.82) is 5.26 Å². The van der Waals surface area contributed by atoms with Gasteiger partial charge in [-0.25, -0.2) is 0 Å². The summed E-state index contributed by atoms with van der Waals surface area (Å²) >= 11 is 1.58. The molecule has 144 valence electrons. The maximum absolute atomic E-state index is 12.8. The van der Waals surface area contributed by atoms with E-state index in [4.69, 9.17) is 4.74 Å². The largest absolute Gasteiger partial charge is 0.489 e. The molecule has 28 heavy (non-hydrogen) atoms. The highest BCUT2D eigenvalue weighted by Gasteiger charge is 2.63. The summed E-state index contributed by atoms with van der Waals surface area (Å²) in [7, 11) is 0. The van der Waals surface area contributed by atoms with Crippen LogP contribution >= 0.6 is 11.8 Å². The van der Waals surface area contributed by atoms with Gasteiger partial charge in [0.1, 0.15) is 18.4 Å². The van der Waals surface area contributed by atoms with Gasteiger partial charge in [0.05, 0.1) is 23.5 Å². The molecule has 4 rings (SSSR count). The van der Waals surface area contributed by atoms with Crippen molar-refractivity contribution in [3.05, 3.63) is 65.7 Å². The minimum atomic E-state index is -0.971. The fourth-order valence-electron chi connectivity index (χ4n) is 3.92. The standard InChI is InChI=1S/C22H22N2O3S/c1-22(2)17(12-23)24-20(26)18(21(24)28-22)19(25)15-10-6-7-11-16(15)27-13-14-8-4-3-5-9-14/h3-11,17-19,21,25H,13H2,1-2H3/t17-,18?,19?,21-/m0/s1. The van der Waals surface area contributed by atoms with E-state index in [-0.39, 0.29) is 16.0 Å². The van der Waals surface area contributed by atoms with E-state index in [1.165, 1.54) is 0 Å². The third-order valence-electron chi connectivity index (χ3n) is 5.42. The van der Waals surface area contributed by atoms with Crippen LogP contribution in [0.3, 0.4) is 0 Å². The molecule has 2 aromatic carbocycles. The second kappa shape index (κ2) is 7.16. The molecule has 0 aromatic heterocycles. The van der Waals surface area contributed by atoms with E-state index in [9.17, 15) is 15.2 Å². The molecule has 2 fully saturated rings. The van der Waals surface area contributed by atoms with Crippen LogP contribution in [0.1, 0.15) is 31.1 Å². The first-order valence-corrected chi connectivity index (χ1v) is 10.2.